The van der Waals surface area contributed by atoms with Gasteiger partial charge in [0.1, 0.15) is 19.2 Å². The van der Waals surface area contributed by atoms with Crippen molar-refractivity contribution in [2.75, 3.05) is 13.7 Å². The summed E-state index contributed by atoms with van der Waals surface area (Å²) >= 11 is 0. The minimum atomic E-state index is -0.325. The molecular formula is C13H19N5O3. The molecule has 0 aliphatic rings. The van der Waals surface area contributed by atoms with Crippen molar-refractivity contribution >= 4 is 5.91 Å². The Hall–Kier alpha value is -2.22. The highest BCUT2D eigenvalue weighted by atomic mass is 16.5. The van der Waals surface area contributed by atoms with E-state index < -0.39 is 0 Å². The first-order chi connectivity index (χ1) is 10.2. The van der Waals surface area contributed by atoms with Crippen LogP contribution < -0.4 is 0 Å². The molecule has 0 radical (unpaired) electrons. The highest BCUT2D eigenvalue weighted by molar-refractivity contribution is 5.79. The van der Waals surface area contributed by atoms with Gasteiger partial charge in [-0.2, -0.15) is 4.98 Å². The van der Waals surface area contributed by atoms with Crippen LogP contribution in [-0.4, -0.2) is 44.2 Å². The Bertz CT molecular complexity index is 566. The average molecular weight is 293 g/mol. The molecule has 0 fully saturated rings. The number of imidazole rings is 1. The largest absolute Gasteiger partial charge is 0.377 e. The Morgan fingerprint density at radius 3 is 3.00 bits per heavy atom. The van der Waals surface area contributed by atoms with E-state index in [4.69, 9.17) is 9.26 Å². The van der Waals surface area contributed by atoms with E-state index >= 15 is 0 Å². The summed E-state index contributed by atoms with van der Waals surface area (Å²) in [5, 5.41) is 3.78. The molecule has 2 rings (SSSR count). The fraction of sp³-hybridized carbons (Fsp3) is 0.538. The quantitative estimate of drug-likeness (QED) is 0.757. The smallest absolute Gasteiger partial charge is 0.246 e. The normalized spacial score (nSPS) is 12.3. The molecule has 0 aromatic carbocycles. The third-order valence-corrected chi connectivity index (χ3v) is 3.13. The van der Waals surface area contributed by atoms with Gasteiger partial charge < -0.3 is 18.7 Å². The molecule has 0 saturated carbocycles. The van der Waals surface area contributed by atoms with E-state index in [-0.39, 0.29) is 25.1 Å². The van der Waals surface area contributed by atoms with E-state index in [2.05, 4.69) is 15.1 Å². The molecule has 1 atom stereocenters. The zero-order chi connectivity index (χ0) is 15.2. The van der Waals surface area contributed by atoms with Gasteiger partial charge in [-0.25, -0.2) is 4.98 Å². The minimum absolute atomic E-state index is 0.0259. The molecule has 0 N–H and O–H groups in total. The van der Waals surface area contributed by atoms with Crippen molar-refractivity contribution in [3.63, 3.8) is 0 Å². The number of nitrogens with zero attached hydrogens (tertiary/aromatic N) is 5. The van der Waals surface area contributed by atoms with E-state index in [9.17, 15) is 4.79 Å². The van der Waals surface area contributed by atoms with Crippen molar-refractivity contribution in [3.8, 4) is 0 Å². The molecule has 0 spiro atoms. The van der Waals surface area contributed by atoms with Crippen molar-refractivity contribution < 1.29 is 14.1 Å². The van der Waals surface area contributed by atoms with E-state index in [0.717, 1.165) is 0 Å². The fourth-order valence-electron chi connectivity index (χ4n) is 1.94. The maximum Gasteiger partial charge on any atom is 0.246 e. The number of carbonyl (C=O) groups is 1. The van der Waals surface area contributed by atoms with Crippen molar-refractivity contribution in [1.82, 2.24) is 24.6 Å². The molecular weight excluding hydrogens is 274 g/mol. The Morgan fingerprint density at radius 2 is 2.38 bits per heavy atom. The second kappa shape index (κ2) is 6.98. The zero-order valence-corrected chi connectivity index (χ0v) is 12.4. The van der Waals surface area contributed by atoms with Gasteiger partial charge in [-0.1, -0.05) is 5.16 Å². The van der Waals surface area contributed by atoms with Crippen LogP contribution in [0, 0.1) is 0 Å². The molecule has 2 aromatic rings. The maximum absolute atomic E-state index is 12.5. The van der Waals surface area contributed by atoms with Gasteiger partial charge in [-0.05, 0) is 13.8 Å². The average Bonchev–Trinajstić information content (AvgIpc) is 3.15. The van der Waals surface area contributed by atoms with Gasteiger partial charge in [-0.3, -0.25) is 4.79 Å². The third-order valence-electron chi connectivity index (χ3n) is 3.13. The molecule has 8 nitrogen and oxygen atoms in total. The number of hydrogen-bond acceptors (Lipinski definition) is 6. The fourth-order valence-corrected chi connectivity index (χ4v) is 1.94. The van der Waals surface area contributed by atoms with Gasteiger partial charge in [-0.15, -0.1) is 0 Å². The lowest BCUT2D eigenvalue weighted by atomic mass is 10.2. The number of likely N-dealkylation sites (N-methyl/N-ethyl adjacent to an activating group) is 1. The lowest BCUT2D eigenvalue weighted by Gasteiger charge is -2.23. The third kappa shape index (κ3) is 3.66. The lowest BCUT2D eigenvalue weighted by molar-refractivity contribution is -0.135. The van der Waals surface area contributed by atoms with Gasteiger partial charge in [0.15, 0.2) is 5.82 Å². The lowest BCUT2D eigenvalue weighted by Crippen LogP contribution is -2.35. The van der Waals surface area contributed by atoms with Gasteiger partial charge in [0, 0.05) is 26.0 Å². The van der Waals surface area contributed by atoms with Gasteiger partial charge >= 0.3 is 0 Å². The number of carbonyl (C=O) groups excluding carboxylic acids is 1. The minimum Gasteiger partial charge on any atom is -0.377 e. The number of methoxy groups -OCH3 is 1. The molecule has 0 aliphatic carbocycles. The van der Waals surface area contributed by atoms with Gasteiger partial charge in [0.2, 0.25) is 11.8 Å². The van der Waals surface area contributed by atoms with Crippen LogP contribution in [0.15, 0.2) is 23.2 Å². The number of ether oxygens (including phenoxy) is 1. The Morgan fingerprint density at radius 1 is 1.57 bits per heavy atom. The van der Waals surface area contributed by atoms with E-state index in [1.165, 1.54) is 0 Å². The summed E-state index contributed by atoms with van der Waals surface area (Å²) in [6.45, 7) is 4.86. The summed E-state index contributed by atoms with van der Waals surface area (Å²) in [7, 11) is 1.56. The molecule has 114 valence electrons. The number of aromatic nitrogens is 4. The first-order valence-electron chi connectivity index (χ1n) is 6.72. The van der Waals surface area contributed by atoms with Gasteiger partial charge in [0.05, 0.1) is 6.33 Å². The van der Waals surface area contributed by atoms with Crippen LogP contribution in [0.25, 0.3) is 0 Å². The monoisotopic (exact) mass is 293 g/mol. The summed E-state index contributed by atoms with van der Waals surface area (Å²) in [5.41, 5.74) is 0. The number of amides is 1. The van der Waals surface area contributed by atoms with Crippen LogP contribution in [0.5, 0.6) is 0 Å². The second-order valence-electron chi connectivity index (χ2n) is 4.58. The summed E-state index contributed by atoms with van der Waals surface area (Å²) in [6.07, 6.45) is 5.04. The van der Waals surface area contributed by atoms with Crippen LogP contribution in [-0.2, 0) is 22.7 Å². The second-order valence-corrected chi connectivity index (χ2v) is 4.58. The van der Waals surface area contributed by atoms with E-state index in [1.54, 1.807) is 35.3 Å². The first-order valence-corrected chi connectivity index (χ1v) is 6.72. The first kappa shape index (κ1) is 15.2. The van der Waals surface area contributed by atoms with Crippen LogP contribution in [0.4, 0.5) is 0 Å². The summed E-state index contributed by atoms with van der Waals surface area (Å²) in [5.74, 6) is 0.843. The van der Waals surface area contributed by atoms with E-state index in [0.29, 0.717) is 18.3 Å². The molecule has 2 heterocycles. The summed E-state index contributed by atoms with van der Waals surface area (Å²) in [4.78, 5) is 22.3. The highest BCUT2D eigenvalue weighted by Gasteiger charge is 2.22. The molecule has 8 heteroatoms. The van der Waals surface area contributed by atoms with Gasteiger partial charge in [0.25, 0.3) is 0 Å². The Kier molecular flexibility index (Phi) is 5.04. The SMILES string of the molecule is CCN(Cc1nc(COC)no1)C(=O)[C@@H](C)n1ccnc1. The van der Waals surface area contributed by atoms with Crippen LogP contribution in [0.3, 0.4) is 0 Å². The van der Waals surface area contributed by atoms with Crippen LogP contribution in [0.2, 0.25) is 0 Å². The van der Waals surface area contributed by atoms with E-state index in [1.807, 2.05) is 13.8 Å². The number of rotatable bonds is 7. The van der Waals surface area contributed by atoms with Crippen molar-refractivity contribution in [2.45, 2.75) is 33.0 Å². The van der Waals surface area contributed by atoms with Crippen molar-refractivity contribution in [1.29, 1.82) is 0 Å². The molecule has 0 unspecified atom stereocenters. The summed E-state index contributed by atoms with van der Waals surface area (Å²) < 4.78 is 11.8. The molecule has 0 bridgehead atoms. The van der Waals surface area contributed by atoms with Crippen molar-refractivity contribution in [2.24, 2.45) is 0 Å². The Balaban J connectivity index is 2.03. The standard InChI is InChI=1S/C13H19N5O3/c1-4-17(7-12-15-11(8-20-3)16-21-12)13(19)10(2)18-6-5-14-9-18/h5-6,9-10H,4,7-8H2,1-3H3/t10-/m1/s1. The Labute approximate surface area is 122 Å². The zero-order valence-electron chi connectivity index (χ0n) is 12.4. The summed E-state index contributed by atoms with van der Waals surface area (Å²) in [6, 6.07) is -0.325. The van der Waals surface area contributed by atoms with Crippen LogP contribution >= 0.6 is 0 Å². The highest BCUT2D eigenvalue weighted by Crippen LogP contribution is 2.12. The predicted octanol–water partition coefficient (Wildman–Crippen LogP) is 1.02. The maximum atomic E-state index is 12.5. The molecule has 21 heavy (non-hydrogen) atoms. The topological polar surface area (TPSA) is 86.3 Å². The molecule has 0 saturated heterocycles. The van der Waals surface area contributed by atoms with Crippen molar-refractivity contribution in [3.05, 3.63) is 30.4 Å². The molecule has 2 aromatic heterocycles. The molecule has 0 aliphatic heterocycles. The molecule has 1 amide bonds. The predicted molar refractivity (Wildman–Crippen MR) is 73.0 cm³/mol. The number of hydrogen-bond donors (Lipinski definition) is 0. The van der Waals surface area contributed by atoms with Crippen LogP contribution in [0.1, 0.15) is 31.6 Å².